The number of hydrogen-bond acceptors (Lipinski definition) is 2. The van der Waals surface area contributed by atoms with Crippen molar-refractivity contribution in [3.8, 4) is 5.75 Å². The van der Waals surface area contributed by atoms with Gasteiger partial charge in [-0.1, -0.05) is 34.1 Å². The lowest BCUT2D eigenvalue weighted by atomic mass is 9.88. The third-order valence-corrected chi connectivity index (χ3v) is 4.27. The number of benzene rings is 2. The summed E-state index contributed by atoms with van der Waals surface area (Å²) in [6.07, 6.45) is 3.39. The van der Waals surface area contributed by atoms with Gasteiger partial charge in [-0.25, -0.2) is 0 Å². The van der Waals surface area contributed by atoms with Gasteiger partial charge in [0.1, 0.15) is 12.4 Å². The van der Waals surface area contributed by atoms with Gasteiger partial charge in [0.25, 0.3) is 0 Å². The topological polar surface area (TPSA) is 35.2 Å². The highest BCUT2D eigenvalue weighted by molar-refractivity contribution is 9.10. The van der Waals surface area contributed by atoms with E-state index in [9.17, 15) is 0 Å². The monoisotopic (exact) mass is 331 g/mol. The number of rotatable bonds is 3. The molecule has 2 N–H and O–H groups in total. The van der Waals surface area contributed by atoms with Crippen molar-refractivity contribution in [2.24, 2.45) is 5.73 Å². The Kier molecular flexibility index (Phi) is 4.08. The van der Waals surface area contributed by atoms with E-state index in [2.05, 4.69) is 46.3 Å². The zero-order valence-corrected chi connectivity index (χ0v) is 12.9. The Balaban J connectivity index is 1.73. The maximum Gasteiger partial charge on any atom is 0.120 e. The lowest BCUT2D eigenvalue weighted by Gasteiger charge is -2.22. The van der Waals surface area contributed by atoms with Gasteiger partial charge in [-0.05, 0) is 60.2 Å². The highest BCUT2D eigenvalue weighted by Gasteiger charge is 2.17. The van der Waals surface area contributed by atoms with Gasteiger partial charge in [-0.3, -0.25) is 0 Å². The second-order valence-corrected chi connectivity index (χ2v) is 6.19. The van der Waals surface area contributed by atoms with E-state index in [-0.39, 0.29) is 6.04 Å². The smallest absolute Gasteiger partial charge is 0.120 e. The van der Waals surface area contributed by atoms with Crippen LogP contribution in [0.25, 0.3) is 0 Å². The molecule has 2 aromatic carbocycles. The van der Waals surface area contributed by atoms with Crippen LogP contribution in [0.2, 0.25) is 0 Å². The van der Waals surface area contributed by atoms with Gasteiger partial charge in [0.15, 0.2) is 0 Å². The summed E-state index contributed by atoms with van der Waals surface area (Å²) in [6.45, 7) is 0.577. The van der Waals surface area contributed by atoms with Crippen LogP contribution >= 0.6 is 15.9 Å². The van der Waals surface area contributed by atoms with Crippen molar-refractivity contribution in [2.75, 3.05) is 0 Å². The van der Waals surface area contributed by atoms with Gasteiger partial charge in [0, 0.05) is 10.5 Å². The first kappa shape index (κ1) is 13.7. The van der Waals surface area contributed by atoms with Crippen molar-refractivity contribution in [3.05, 3.63) is 63.6 Å². The normalized spacial score (nSPS) is 17.6. The van der Waals surface area contributed by atoms with E-state index < -0.39 is 0 Å². The number of halogens is 1. The van der Waals surface area contributed by atoms with E-state index in [1.165, 1.54) is 17.5 Å². The maximum absolute atomic E-state index is 6.18. The summed E-state index contributed by atoms with van der Waals surface area (Å²) in [5.41, 5.74) is 9.96. The largest absolute Gasteiger partial charge is 0.489 e. The zero-order valence-electron chi connectivity index (χ0n) is 11.3. The molecule has 3 rings (SSSR count). The number of fused-ring (bicyclic) bond motifs is 1. The number of hydrogen-bond donors (Lipinski definition) is 1. The maximum atomic E-state index is 6.18. The Morgan fingerprint density at radius 3 is 2.95 bits per heavy atom. The summed E-state index contributed by atoms with van der Waals surface area (Å²) in [4.78, 5) is 0. The van der Waals surface area contributed by atoms with Crippen LogP contribution in [-0.2, 0) is 13.0 Å². The lowest BCUT2D eigenvalue weighted by molar-refractivity contribution is 0.305. The molecule has 0 saturated carbocycles. The van der Waals surface area contributed by atoms with Crippen molar-refractivity contribution in [1.29, 1.82) is 0 Å². The minimum absolute atomic E-state index is 0.160. The molecule has 0 aromatic heterocycles. The van der Waals surface area contributed by atoms with Crippen LogP contribution in [0, 0.1) is 0 Å². The van der Waals surface area contributed by atoms with Gasteiger partial charge < -0.3 is 10.5 Å². The molecule has 0 spiro atoms. The van der Waals surface area contributed by atoms with Crippen LogP contribution in [0.1, 0.15) is 35.6 Å². The summed E-state index contributed by atoms with van der Waals surface area (Å²) in [5.74, 6) is 0.904. The fourth-order valence-corrected chi connectivity index (χ4v) is 3.14. The predicted molar refractivity (Wildman–Crippen MR) is 84.8 cm³/mol. The quantitative estimate of drug-likeness (QED) is 0.906. The van der Waals surface area contributed by atoms with Crippen LogP contribution < -0.4 is 10.5 Å². The molecule has 0 aliphatic heterocycles. The molecule has 0 radical (unpaired) electrons. The van der Waals surface area contributed by atoms with Crippen molar-refractivity contribution < 1.29 is 4.74 Å². The van der Waals surface area contributed by atoms with Gasteiger partial charge in [0.2, 0.25) is 0 Å². The molecule has 20 heavy (non-hydrogen) atoms. The first-order valence-electron chi connectivity index (χ1n) is 6.98. The van der Waals surface area contributed by atoms with Gasteiger partial charge in [0.05, 0.1) is 0 Å². The Bertz CT molecular complexity index is 612. The average molecular weight is 332 g/mol. The molecular formula is C17H18BrNO. The Morgan fingerprint density at radius 1 is 1.20 bits per heavy atom. The fraction of sp³-hybridized carbons (Fsp3) is 0.294. The summed E-state index contributed by atoms with van der Waals surface area (Å²) < 4.78 is 6.96. The molecule has 0 saturated heterocycles. The van der Waals surface area contributed by atoms with Crippen LogP contribution in [0.3, 0.4) is 0 Å². The predicted octanol–water partition coefficient (Wildman–Crippen LogP) is 4.36. The molecule has 2 aromatic rings. The molecule has 0 bridgehead atoms. The fourth-order valence-electron chi connectivity index (χ4n) is 2.70. The van der Waals surface area contributed by atoms with E-state index in [1.54, 1.807) is 0 Å². The van der Waals surface area contributed by atoms with Gasteiger partial charge in [-0.15, -0.1) is 0 Å². The van der Waals surface area contributed by atoms with E-state index in [4.69, 9.17) is 10.5 Å². The third-order valence-electron chi connectivity index (χ3n) is 3.77. The van der Waals surface area contributed by atoms with E-state index in [0.29, 0.717) is 6.61 Å². The third kappa shape index (κ3) is 3.05. The molecule has 1 aliphatic rings. The average Bonchev–Trinajstić information content (AvgIpc) is 2.46. The molecule has 2 nitrogen and oxygen atoms in total. The molecular weight excluding hydrogens is 314 g/mol. The van der Waals surface area contributed by atoms with Crippen molar-refractivity contribution in [3.63, 3.8) is 0 Å². The summed E-state index contributed by atoms with van der Waals surface area (Å²) >= 11 is 3.47. The van der Waals surface area contributed by atoms with Crippen LogP contribution in [0.5, 0.6) is 5.75 Å². The molecule has 1 aliphatic carbocycles. The molecule has 0 heterocycles. The summed E-state index contributed by atoms with van der Waals surface area (Å²) in [5, 5.41) is 0. The van der Waals surface area contributed by atoms with Crippen LogP contribution in [0.4, 0.5) is 0 Å². The number of nitrogens with two attached hydrogens (primary N) is 1. The van der Waals surface area contributed by atoms with Crippen LogP contribution in [-0.4, -0.2) is 0 Å². The second kappa shape index (κ2) is 5.98. The van der Waals surface area contributed by atoms with Crippen molar-refractivity contribution in [2.45, 2.75) is 31.9 Å². The highest BCUT2D eigenvalue weighted by Crippen LogP contribution is 2.31. The van der Waals surface area contributed by atoms with E-state index >= 15 is 0 Å². The van der Waals surface area contributed by atoms with Gasteiger partial charge in [-0.2, -0.15) is 0 Å². The Morgan fingerprint density at radius 2 is 2.10 bits per heavy atom. The molecule has 0 amide bonds. The van der Waals surface area contributed by atoms with Crippen LogP contribution in [0.15, 0.2) is 46.9 Å². The first-order valence-corrected chi connectivity index (χ1v) is 7.77. The Hall–Kier alpha value is -1.32. The summed E-state index contributed by atoms with van der Waals surface area (Å²) in [6, 6.07) is 14.6. The second-order valence-electron chi connectivity index (χ2n) is 5.28. The molecule has 104 valence electrons. The molecule has 1 atom stereocenters. The van der Waals surface area contributed by atoms with E-state index in [0.717, 1.165) is 28.6 Å². The van der Waals surface area contributed by atoms with Crippen molar-refractivity contribution >= 4 is 15.9 Å². The Labute approximate surface area is 128 Å². The molecule has 0 unspecified atom stereocenters. The highest BCUT2D eigenvalue weighted by atomic mass is 79.9. The van der Waals surface area contributed by atoms with Gasteiger partial charge >= 0.3 is 0 Å². The minimum Gasteiger partial charge on any atom is -0.489 e. The van der Waals surface area contributed by atoms with Crippen molar-refractivity contribution in [1.82, 2.24) is 0 Å². The number of ether oxygens (including phenoxy) is 1. The number of aryl methyl sites for hydroxylation is 1. The lowest BCUT2D eigenvalue weighted by Crippen LogP contribution is -2.17. The minimum atomic E-state index is 0.160. The standard InChI is InChI=1S/C17H18BrNO/c18-14-5-1-3-12(9-14)11-20-15-8-7-13-4-2-6-17(19)16(13)10-15/h1,3,5,7-10,17H,2,4,6,11,19H2/t17-/m0/s1. The zero-order chi connectivity index (χ0) is 13.9. The molecule has 3 heteroatoms. The molecule has 0 fully saturated rings. The summed E-state index contributed by atoms with van der Waals surface area (Å²) in [7, 11) is 0. The first-order chi connectivity index (χ1) is 9.72. The van der Waals surface area contributed by atoms with E-state index in [1.807, 2.05) is 12.1 Å². The SMILES string of the molecule is N[C@H]1CCCc2ccc(OCc3cccc(Br)c3)cc21.